The van der Waals surface area contributed by atoms with Gasteiger partial charge in [-0.3, -0.25) is 9.79 Å². The highest BCUT2D eigenvalue weighted by Crippen LogP contribution is 2.35. The Morgan fingerprint density at radius 3 is 2.46 bits per heavy atom. The highest BCUT2D eigenvalue weighted by Gasteiger charge is 2.38. The fourth-order valence-corrected chi connectivity index (χ4v) is 3.02. The van der Waals surface area contributed by atoms with E-state index in [1.54, 1.807) is 38.2 Å². The van der Waals surface area contributed by atoms with Crippen LogP contribution >= 0.6 is 0 Å². The molecule has 2 N–H and O–H groups in total. The number of amides is 1. The predicted octanol–water partition coefficient (Wildman–Crippen LogP) is 2.68. The van der Waals surface area contributed by atoms with Crippen molar-refractivity contribution in [2.24, 2.45) is 10.7 Å². The number of likely N-dealkylation sites (N-methyl/N-ethyl adjacent to an activating group) is 1. The summed E-state index contributed by atoms with van der Waals surface area (Å²) in [6.45, 7) is 1.83. The molecule has 2 aromatic carbocycles. The summed E-state index contributed by atoms with van der Waals surface area (Å²) < 4.78 is 28.7. The van der Waals surface area contributed by atoms with Gasteiger partial charge in [0.15, 0.2) is 5.84 Å². The van der Waals surface area contributed by atoms with E-state index in [1.165, 1.54) is 11.0 Å². The first-order valence-corrected chi connectivity index (χ1v) is 7.47. The zero-order valence-electron chi connectivity index (χ0n) is 13.4. The van der Waals surface area contributed by atoms with Gasteiger partial charge in [-0.15, -0.1) is 0 Å². The third-order valence-electron chi connectivity index (χ3n) is 4.20. The quantitative estimate of drug-likeness (QED) is 0.921. The standard InChI is InChI=1S/C18H17F2N3O/c1-18(10-23(2)17(24)16(21)22-18)13-8-12(14(19)9-15(13)20)11-6-4-3-5-7-11/h3-9H,10H2,1-2H3,(H2,21,22). The molecule has 24 heavy (non-hydrogen) atoms. The van der Waals surface area contributed by atoms with Crippen molar-refractivity contribution >= 4 is 11.7 Å². The molecule has 1 atom stereocenters. The van der Waals surface area contributed by atoms with Gasteiger partial charge in [0, 0.05) is 24.2 Å². The molecule has 1 aliphatic heterocycles. The fourth-order valence-electron chi connectivity index (χ4n) is 3.02. The van der Waals surface area contributed by atoms with Gasteiger partial charge in [-0.2, -0.15) is 0 Å². The molecule has 0 fully saturated rings. The van der Waals surface area contributed by atoms with Gasteiger partial charge in [0.2, 0.25) is 0 Å². The Morgan fingerprint density at radius 1 is 1.17 bits per heavy atom. The minimum atomic E-state index is -1.08. The average molecular weight is 329 g/mol. The van der Waals surface area contributed by atoms with E-state index in [0.717, 1.165) is 6.07 Å². The summed E-state index contributed by atoms with van der Waals surface area (Å²) in [4.78, 5) is 17.4. The van der Waals surface area contributed by atoms with Crippen LogP contribution in [0.1, 0.15) is 12.5 Å². The van der Waals surface area contributed by atoms with Gasteiger partial charge in [-0.05, 0) is 18.6 Å². The van der Waals surface area contributed by atoms with Gasteiger partial charge in [0.1, 0.15) is 17.2 Å². The molecule has 0 aromatic heterocycles. The molecular formula is C18H17F2N3O. The predicted molar refractivity (Wildman–Crippen MR) is 88.4 cm³/mol. The minimum Gasteiger partial charge on any atom is -0.379 e. The van der Waals surface area contributed by atoms with Gasteiger partial charge < -0.3 is 10.6 Å². The Labute approximate surface area is 138 Å². The minimum absolute atomic E-state index is 0.156. The van der Waals surface area contributed by atoms with Crippen LogP contribution in [0.15, 0.2) is 47.5 Å². The van der Waals surface area contributed by atoms with Crippen molar-refractivity contribution in [2.45, 2.75) is 12.5 Å². The van der Waals surface area contributed by atoms with Crippen LogP contribution in [-0.2, 0) is 10.3 Å². The summed E-state index contributed by atoms with van der Waals surface area (Å²) in [5.74, 6) is -1.95. The number of aliphatic imine (C=N–C) groups is 1. The lowest BCUT2D eigenvalue weighted by Crippen LogP contribution is -2.50. The molecule has 0 bridgehead atoms. The second kappa shape index (κ2) is 5.70. The molecule has 0 saturated heterocycles. The topological polar surface area (TPSA) is 58.7 Å². The summed E-state index contributed by atoms with van der Waals surface area (Å²) in [5.41, 5.74) is 5.71. The number of halogens is 2. The molecule has 4 nitrogen and oxygen atoms in total. The van der Waals surface area contributed by atoms with Gasteiger partial charge in [-0.25, -0.2) is 8.78 Å². The first-order chi connectivity index (χ1) is 11.3. The SMILES string of the molecule is CN1CC(C)(c2cc(-c3ccccc3)c(F)cc2F)N=C(N)C1=O. The van der Waals surface area contributed by atoms with Crippen LogP contribution in [0.2, 0.25) is 0 Å². The van der Waals surface area contributed by atoms with Crippen LogP contribution in [0.4, 0.5) is 8.78 Å². The van der Waals surface area contributed by atoms with E-state index in [1.807, 2.05) is 6.07 Å². The van der Waals surface area contributed by atoms with E-state index in [9.17, 15) is 13.6 Å². The van der Waals surface area contributed by atoms with Crippen LogP contribution in [0.25, 0.3) is 11.1 Å². The molecule has 0 aliphatic carbocycles. The number of carbonyl (C=O) groups is 1. The fraction of sp³-hybridized carbons (Fsp3) is 0.222. The molecule has 124 valence electrons. The second-order valence-corrected chi connectivity index (χ2v) is 6.11. The second-order valence-electron chi connectivity index (χ2n) is 6.11. The van der Waals surface area contributed by atoms with E-state index in [0.29, 0.717) is 5.56 Å². The molecule has 0 spiro atoms. The monoisotopic (exact) mass is 329 g/mol. The summed E-state index contributed by atoms with van der Waals surface area (Å²) in [6, 6.07) is 11.2. The molecule has 1 heterocycles. The van der Waals surface area contributed by atoms with Crippen molar-refractivity contribution in [1.82, 2.24) is 4.90 Å². The molecule has 3 rings (SSSR count). The first kappa shape index (κ1) is 16.1. The number of carbonyl (C=O) groups excluding carboxylic acids is 1. The van der Waals surface area contributed by atoms with Gasteiger partial charge >= 0.3 is 0 Å². The number of nitrogens with zero attached hydrogens (tertiary/aromatic N) is 2. The third kappa shape index (κ3) is 2.64. The Morgan fingerprint density at radius 2 is 1.83 bits per heavy atom. The van der Waals surface area contributed by atoms with Crippen LogP contribution in [-0.4, -0.2) is 30.2 Å². The van der Waals surface area contributed by atoms with Crippen LogP contribution in [0.3, 0.4) is 0 Å². The van der Waals surface area contributed by atoms with Crippen molar-refractivity contribution in [1.29, 1.82) is 0 Å². The largest absolute Gasteiger partial charge is 0.379 e. The number of amidine groups is 1. The van der Waals surface area contributed by atoms with E-state index >= 15 is 0 Å². The number of hydrogen-bond donors (Lipinski definition) is 1. The highest BCUT2D eigenvalue weighted by molar-refractivity contribution is 6.37. The van der Waals surface area contributed by atoms with E-state index < -0.39 is 23.1 Å². The Kier molecular flexibility index (Phi) is 3.83. The lowest BCUT2D eigenvalue weighted by Gasteiger charge is -2.35. The molecular weight excluding hydrogens is 312 g/mol. The normalized spacial score (nSPS) is 20.9. The van der Waals surface area contributed by atoms with Gasteiger partial charge in [0.25, 0.3) is 5.91 Å². The smallest absolute Gasteiger partial charge is 0.288 e. The summed E-state index contributed by atoms with van der Waals surface area (Å²) >= 11 is 0. The third-order valence-corrected chi connectivity index (χ3v) is 4.20. The van der Waals surface area contributed by atoms with Crippen molar-refractivity contribution < 1.29 is 13.6 Å². The zero-order chi connectivity index (χ0) is 17.5. The zero-order valence-corrected chi connectivity index (χ0v) is 13.4. The van der Waals surface area contributed by atoms with Crippen LogP contribution in [0, 0.1) is 11.6 Å². The average Bonchev–Trinajstić information content (AvgIpc) is 2.53. The van der Waals surface area contributed by atoms with Crippen molar-refractivity contribution in [2.75, 3.05) is 13.6 Å². The lowest BCUT2D eigenvalue weighted by atomic mass is 9.87. The van der Waals surface area contributed by atoms with E-state index in [4.69, 9.17) is 5.73 Å². The Hall–Kier alpha value is -2.76. The Balaban J connectivity index is 2.17. The van der Waals surface area contributed by atoms with Crippen LogP contribution in [0.5, 0.6) is 0 Å². The molecule has 1 unspecified atom stereocenters. The molecule has 2 aromatic rings. The first-order valence-electron chi connectivity index (χ1n) is 7.47. The lowest BCUT2D eigenvalue weighted by molar-refractivity contribution is -0.124. The Bertz CT molecular complexity index is 836. The summed E-state index contributed by atoms with van der Waals surface area (Å²) in [5, 5.41) is 0. The van der Waals surface area contributed by atoms with Crippen molar-refractivity contribution in [3.63, 3.8) is 0 Å². The maximum Gasteiger partial charge on any atom is 0.288 e. The van der Waals surface area contributed by atoms with E-state index in [-0.39, 0.29) is 23.5 Å². The van der Waals surface area contributed by atoms with E-state index in [2.05, 4.69) is 4.99 Å². The summed E-state index contributed by atoms with van der Waals surface area (Å²) in [7, 11) is 1.57. The number of nitrogens with two attached hydrogens (primary N) is 1. The summed E-state index contributed by atoms with van der Waals surface area (Å²) in [6.07, 6.45) is 0. The van der Waals surface area contributed by atoms with Gasteiger partial charge in [-0.1, -0.05) is 30.3 Å². The molecule has 0 saturated carbocycles. The maximum atomic E-state index is 14.5. The van der Waals surface area contributed by atoms with Crippen molar-refractivity contribution in [3.05, 3.63) is 59.7 Å². The van der Waals surface area contributed by atoms with Crippen molar-refractivity contribution in [3.8, 4) is 11.1 Å². The molecule has 1 aliphatic rings. The number of benzene rings is 2. The number of hydrogen-bond acceptors (Lipinski definition) is 3. The molecule has 6 heteroatoms. The molecule has 0 radical (unpaired) electrons. The molecule has 1 amide bonds. The van der Waals surface area contributed by atoms with Crippen LogP contribution < -0.4 is 5.73 Å². The van der Waals surface area contributed by atoms with Gasteiger partial charge in [0.05, 0.1) is 6.54 Å². The maximum absolute atomic E-state index is 14.5. The number of rotatable bonds is 2. The highest BCUT2D eigenvalue weighted by atomic mass is 19.1.